The second-order valence-corrected chi connectivity index (χ2v) is 7.25. The van der Waals surface area contributed by atoms with Gasteiger partial charge in [-0.05, 0) is 65.9 Å². The Bertz CT molecular complexity index is 1030. The van der Waals surface area contributed by atoms with Crippen molar-refractivity contribution in [1.82, 2.24) is 5.32 Å². The lowest BCUT2D eigenvalue weighted by Gasteiger charge is -2.11. The molecule has 0 saturated carbocycles. The zero-order chi connectivity index (χ0) is 19.0. The molecule has 136 valence electrons. The lowest BCUT2D eigenvalue weighted by molar-refractivity contribution is 0.0958. The van der Waals surface area contributed by atoms with Crippen LogP contribution in [0.1, 0.15) is 40.0 Å². The van der Waals surface area contributed by atoms with E-state index in [1.54, 1.807) is 0 Å². The second-order valence-electron chi connectivity index (χ2n) is 6.85. The van der Waals surface area contributed by atoms with Crippen molar-refractivity contribution in [2.45, 2.75) is 26.5 Å². The number of halogens is 1. The first-order valence-electron chi connectivity index (χ1n) is 8.95. The molecule has 4 heteroatoms. The minimum atomic E-state index is -0.0404. The molecule has 0 aromatic heterocycles. The Kier molecular flexibility index (Phi) is 4.63. The molecule has 1 unspecified atom stereocenters. The van der Waals surface area contributed by atoms with Gasteiger partial charge in [0.2, 0.25) is 0 Å². The van der Waals surface area contributed by atoms with Gasteiger partial charge >= 0.3 is 0 Å². The number of hydrogen-bond donors (Lipinski definition) is 1. The maximum Gasteiger partial charge on any atom is 0.252 e. The van der Waals surface area contributed by atoms with Crippen LogP contribution in [0.3, 0.4) is 0 Å². The first kappa shape index (κ1) is 17.6. The van der Waals surface area contributed by atoms with E-state index in [1.165, 1.54) is 0 Å². The molecule has 3 nitrogen and oxygen atoms in total. The lowest BCUT2D eigenvalue weighted by atomic mass is 9.99. The average molecular weight is 378 g/mol. The van der Waals surface area contributed by atoms with Gasteiger partial charge in [0.05, 0.1) is 6.04 Å². The minimum Gasteiger partial charge on any atom is -0.489 e. The molecule has 1 heterocycles. The predicted octanol–water partition coefficient (Wildman–Crippen LogP) is 5.70. The van der Waals surface area contributed by atoms with Gasteiger partial charge in [-0.1, -0.05) is 48.0 Å². The Morgan fingerprint density at radius 2 is 1.85 bits per heavy atom. The van der Waals surface area contributed by atoms with Gasteiger partial charge in [-0.3, -0.25) is 4.79 Å². The molecule has 0 fully saturated rings. The molecule has 1 N–H and O–H groups in total. The van der Waals surface area contributed by atoms with Crippen molar-refractivity contribution in [2.24, 2.45) is 0 Å². The normalized spacial score (nSPS) is 15.4. The molecule has 1 atom stereocenters. The molecule has 27 heavy (non-hydrogen) atoms. The number of carbonyl (C=O) groups excluding carboxylic acids is 1. The van der Waals surface area contributed by atoms with Gasteiger partial charge in [0.1, 0.15) is 12.4 Å². The van der Waals surface area contributed by atoms with Crippen LogP contribution >= 0.6 is 11.6 Å². The number of amides is 1. The summed E-state index contributed by atoms with van der Waals surface area (Å²) >= 11 is 6.26. The topological polar surface area (TPSA) is 38.3 Å². The highest BCUT2D eigenvalue weighted by Gasteiger charge is 2.25. The standard InChI is InChI=1S/C23H20ClNO2/c1-14-19(7-4-8-22(14)24)17-6-3-5-16(11-17)13-27-18-9-10-20-15(2)25-23(26)21(20)12-18/h3-12,15H,13H2,1-2H3,(H,25,26). The molecule has 0 spiro atoms. The van der Waals surface area contributed by atoms with E-state index in [-0.39, 0.29) is 11.9 Å². The number of benzene rings is 3. The van der Waals surface area contributed by atoms with E-state index >= 15 is 0 Å². The molecule has 0 bridgehead atoms. The number of carbonyl (C=O) groups is 1. The summed E-state index contributed by atoms with van der Waals surface area (Å²) in [5.74, 6) is 0.656. The van der Waals surface area contributed by atoms with Crippen LogP contribution in [0.4, 0.5) is 0 Å². The van der Waals surface area contributed by atoms with Crippen molar-refractivity contribution in [3.05, 3.63) is 87.9 Å². The van der Waals surface area contributed by atoms with Crippen LogP contribution in [0.25, 0.3) is 11.1 Å². The molecular formula is C23H20ClNO2. The first-order valence-corrected chi connectivity index (χ1v) is 9.33. The fraction of sp³-hybridized carbons (Fsp3) is 0.174. The van der Waals surface area contributed by atoms with Crippen molar-refractivity contribution in [3.63, 3.8) is 0 Å². The lowest BCUT2D eigenvalue weighted by Crippen LogP contribution is -2.16. The van der Waals surface area contributed by atoms with Gasteiger partial charge < -0.3 is 10.1 Å². The van der Waals surface area contributed by atoms with Crippen LogP contribution in [0.5, 0.6) is 5.75 Å². The third kappa shape index (κ3) is 3.43. The summed E-state index contributed by atoms with van der Waals surface area (Å²) in [7, 11) is 0. The zero-order valence-corrected chi connectivity index (χ0v) is 16.0. The summed E-state index contributed by atoms with van der Waals surface area (Å²) in [6, 6.07) is 19.9. The summed E-state index contributed by atoms with van der Waals surface area (Å²) in [5, 5.41) is 3.68. The quantitative estimate of drug-likeness (QED) is 0.633. The predicted molar refractivity (Wildman–Crippen MR) is 108 cm³/mol. The van der Waals surface area contributed by atoms with Gasteiger partial charge in [-0.15, -0.1) is 0 Å². The molecule has 3 aromatic rings. The highest BCUT2D eigenvalue weighted by atomic mass is 35.5. The Morgan fingerprint density at radius 1 is 1.04 bits per heavy atom. The number of nitrogens with one attached hydrogen (secondary N) is 1. The molecule has 1 aliphatic rings. The van der Waals surface area contributed by atoms with E-state index in [4.69, 9.17) is 16.3 Å². The van der Waals surface area contributed by atoms with E-state index in [0.717, 1.165) is 32.8 Å². The van der Waals surface area contributed by atoms with Crippen LogP contribution in [0, 0.1) is 6.92 Å². The molecular weight excluding hydrogens is 358 g/mol. The average Bonchev–Trinajstić information content (AvgIpc) is 2.96. The van der Waals surface area contributed by atoms with Crippen LogP contribution < -0.4 is 10.1 Å². The maximum atomic E-state index is 12.0. The van der Waals surface area contributed by atoms with E-state index in [0.29, 0.717) is 17.9 Å². The fourth-order valence-electron chi connectivity index (χ4n) is 3.47. The largest absolute Gasteiger partial charge is 0.489 e. The van der Waals surface area contributed by atoms with Crippen LogP contribution in [-0.4, -0.2) is 5.91 Å². The van der Waals surface area contributed by atoms with Gasteiger partial charge in [0.25, 0.3) is 5.91 Å². The Hall–Kier alpha value is -2.78. The summed E-state index contributed by atoms with van der Waals surface area (Å²) in [4.78, 5) is 12.0. The smallest absolute Gasteiger partial charge is 0.252 e. The van der Waals surface area contributed by atoms with Crippen LogP contribution in [0.15, 0.2) is 60.7 Å². The number of fused-ring (bicyclic) bond motifs is 1. The van der Waals surface area contributed by atoms with Crippen molar-refractivity contribution >= 4 is 17.5 Å². The summed E-state index contributed by atoms with van der Waals surface area (Å²) in [6.45, 7) is 4.44. The van der Waals surface area contributed by atoms with Gasteiger partial charge in [-0.2, -0.15) is 0 Å². The highest BCUT2D eigenvalue weighted by Crippen LogP contribution is 2.30. The third-order valence-electron chi connectivity index (χ3n) is 4.99. The third-order valence-corrected chi connectivity index (χ3v) is 5.40. The number of rotatable bonds is 4. The molecule has 1 amide bonds. The Morgan fingerprint density at radius 3 is 2.70 bits per heavy atom. The number of hydrogen-bond acceptors (Lipinski definition) is 2. The van der Waals surface area contributed by atoms with Crippen LogP contribution in [-0.2, 0) is 6.61 Å². The monoisotopic (exact) mass is 377 g/mol. The zero-order valence-electron chi connectivity index (χ0n) is 15.3. The van der Waals surface area contributed by atoms with Crippen molar-refractivity contribution in [1.29, 1.82) is 0 Å². The van der Waals surface area contributed by atoms with Crippen molar-refractivity contribution in [2.75, 3.05) is 0 Å². The summed E-state index contributed by atoms with van der Waals surface area (Å²) in [5.41, 5.74) is 6.07. The van der Waals surface area contributed by atoms with E-state index in [9.17, 15) is 4.79 Å². The summed E-state index contributed by atoms with van der Waals surface area (Å²) in [6.07, 6.45) is 0. The van der Waals surface area contributed by atoms with Gasteiger partial charge in [0, 0.05) is 10.6 Å². The van der Waals surface area contributed by atoms with Gasteiger partial charge in [0.15, 0.2) is 0 Å². The second kappa shape index (κ2) is 7.09. The van der Waals surface area contributed by atoms with Gasteiger partial charge in [-0.25, -0.2) is 0 Å². The Balaban J connectivity index is 1.54. The Labute approximate surface area is 163 Å². The molecule has 0 aliphatic carbocycles. The molecule has 1 aliphatic heterocycles. The van der Waals surface area contributed by atoms with E-state index in [1.807, 2.05) is 56.3 Å². The van der Waals surface area contributed by atoms with Crippen molar-refractivity contribution in [3.8, 4) is 16.9 Å². The molecule has 4 rings (SSSR count). The molecule has 0 radical (unpaired) electrons. The fourth-order valence-corrected chi connectivity index (χ4v) is 3.64. The van der Waals surface area contributed by atoms with E-state index < -0.39 is 0 Å². The maximum absolute atomic E-state index is 12.0. The molecule has 0 saturated heterocycles. The highest BCUT2D eigenvalue weighted by molar-refractivity contribution is 6.31. The van der Waals surface area contributed by atoms with Crippen molar-refractivity contribution < 1.29 is 9.53 Å². The summed E-state index contributed by atoms with van der Waals surface area (Å²) < 4.78 is 5.94. The van der Waals surface area contributed by atoms with Crippen LogP contribution in [0.2, 0.25) is 5.02 Å². The number of ether oxygens (including phenoxy) is 1. The molecule has 3 aromatic carbocycles. The minimum absolute atomic E-state index is 0.0404. The SMILES string of the molecule is Cc1c(Cl)cccc1-c1cccc(COc2ccc3c(c2)C(=O)NC3C)c1. The first-order chi connectivity index (χ1) is 13.0. The van der Waals surface area contributed by atoms with E-state index in [2.05, 4.69) is 23.5 Å².